The van der Waals surface area contributed by atoms with E-state index in [2.05, 4.69) is 5.32 Å². The number of imide groups is 2. The van der Waals surface area contributed by atoms with Gasteiger partial charge in [0.2, 0.25) is 5.91 Å². The molecule has 0 radical (unpaired) electrons. The Morgan fingerprint density at radius 1 is 1.00 bits per heavy atom. The first-order valence-electron chi connectivity index (χ1n) is 8.03. The molecule has 5 amide bonds. The minimum Gasteiger partial charge on any atom is -0.324 e. The van der Waals surface area contributed by atoms with Crippen LogP contribution < -0.4 is 5.32 Å². The maximum Gasteiger partial charge on any atom is 0.334 e. The lowest BCUT2D eigenvalue weighted by atomic mass is 10.1. The minimum absolute atomic E-state index is 0.199. The van der Waals surface area contributed by atoms with Crippen LogP contribution in [0.25, 0.3) is 10.8 Å². The average molecular weight is 337 g/mol. The zero-order valence-electron chi connectivity index (χ0n) is 13.3. The standard InChI is InChI=1S/C18H15N3O4/c22-15(19-14-7-3-5-11-4-1-2-6-13(11)14)10-20-16(23)17(24)21(18(20)25)12-8-9-12/h1-7,12H,8-10H2,(H,19,22). The number of fused-ring (bicyclic) bond motifs is 1. The van der Waals surface area contributed by atoms with Gasteiger partial charge in [0.1, 0.15) is 6.54 Å². The predicted molar refractivity (Wildman–Crippen MR) is 89.6 cm³/mol. The molecule has 25 heavy (non-hydrogen) atoms. The molecule has 1 heterocycles. The molecule has 1 N–H and O–H groups in total. The number of urea groups is 1. The van der Waals surface area contributed by atoms with E-state index in [0.717, 1.165) is 15.7 Å². The Morgan fingerprint density at radius 3 is 2.48 bits per heavy atom. The van der Waals surface area contributed by atoms with Gasteiger partial charge in [-0.05, 0) is 24.3 Å². The third-order valence-corrected chi connectivity index (χ3v) is 4.36. The van der Waals surface area contributed by atoms with E-state index in [9.17, 15) is 19.2 Å². The van der Waals surface area contributed by atoms with Gasteiger partial charge in [0.15, 0.2) is 0 Å². The van der Waals surface area contributed by atoms with Crippen molar-refractivity contribution >= 4 is 40.2 Å². The molecule has 1 aliphatic heterocycles. The van der Waals surface area contributed by atoms with Gasteiger partial charge in [-0.25, -0.2) is 9.69 Å². The van der Waals surface area contributed by atoms with Gasteiger partial charge in [-0.3, -0.25) is 19.3 Å². The van der Waals surface area contributed by atoms with Crippen molar-refractivity contribution in [2.75, 3.05) is 11.9 Å². The number of nitrogens with one attached hydrogen (secondary N) is 1. The number of hydrogen-bond acceptors (Lipinski definition) is 4. The molecule has 7 heteroatoms. The molecule has 2 aliphatic rings. The highest BCUT2D eigenvalue weighted by molar-refractivity contribution is 6.45. The number of benzene rings is 2. The zero-order chi connectivity index (χ0) is 17.6. The average Bonchev–Trinajstić information content (AvgIpc) is 3.41. The molecule has 0 spiro atoms. The van der Waals surface area contributed by atoms with Crippen molar-refractivity contribution in [3.05, 3.63) is 42.5 Å². The van der Waals surface area contributed by atoms with Crippen molar-refractivity contribution in [1.29, 1.82) is 0 Å². The fourth-order valence-corrected chi connectivity index (χ4v) is 2.98. The van der Waals surface area contributed by atoms with E-state index in [-0.39, 0.29) is 6.04 Å². The summed E-state index contributed by atoms with van der Waals surface area (Å²) in [6.45, 7) is -0.476. The smallest absolute Gasteiger partial charge is 0.324 e. The molecular weight excluding hydrogens is 322 g/mol. The van der Waals surface area contributed by atoms with Crippen LogP contribution in [0.5, 0.6) is 0 Å². The van der Waals surface area contributed by atoms with E-state index in [1.165, 1.54) is 0 Å². The van der Waals surface area contributed by atoms with Crippen molar-refractivity contribution < 1.29 is 19.2 Å². The predicted octanol–water partition coefficient (Wildman–Crippen LogP) is 1.73. The van der Waals surface area contributed by atoms with Gasteiger partial charge in [0.05, 0.1) is 0 Å². The van der Waals surface area contributed by atoms with Gasteiger partial charge in [-0.1, -0.05) is 36.4 Å². The van der Waals surface area contributed by atoms with Crippen LogP contribution in [0.4, 0.5) is 10.5 Å². The Morgan fingerprint density at radius 2 is 1.72 bits per heavy atom. The van der Waals surface area contributed by atoms with Crippen LogP contribution in [-0.2, 0) is 14.4 Å². The monoisotopic (exact) mass is 337 g/mol. The maximum absolute atomic E-state index is 12.3. The molecule has 2 aromatic carbocycles. The summed E-state index contributed by atoms with van der Waals surface area (Å²) in [7, 11) is 0. The van der Waals surface area contributed by atoms with Crippen LogP contribution in [-0.4, -0.2) is 46.1 Å². The number of rotatable bonds is 4. The Kier molecular flexibility index (Phi) is 3.49. The summed E-state index contributed by atoms with van der Waals surface area (Å²) in [4.78, 5) is 50.1. The van der Waals surface area contributed by atoms with Gasteiger partial charge in [-0.2, -0.15) is 0 Å². The number of carbonyl (C=O) groups is 4. The zero-order valence-corrected chi connectivity index (χ0v) is 13.3. The second kappa shape index (κ2) is 5.70. The van der Waals surface area contributed by atoms with Crippen molar-refractivity contribution in [2.24, 2.45) is 0 Å². The molecule has 1 saturated carbocycles. The highest BCUT2D eigenvalue weighted by Gasteiger charge is 2.51. The summed E-state index contributed by atoms with van der Waals surface area (Å²) in [6.07, 6.45) is 1.42. The second-order valence-corrected chi connectivity index (χ2v) is 6.16. The van der Waals surface area contributed by atoms with E-state index in [0.29, 0.717) is 23.4 Å². The largest absolute Gasteiger partial charge is 0.334 e. The molecule has 1 aliphatic carbocycles. The molecule has 0 bridgehead atoms. The Bertz CT molecular complexity index is 914. The summed E-state index contributed by atoms with van der Waals surface area (Å²) in [5.41, 5.74) is 0.590. The van der Waals surface area contributed by atoms with Crippen LogP contribution in [0.1, 0.15) is 12.8 Å². The van der Waals surface area contributed by atoms with Crippen LogP contribution >= 0.6 is 0 Å². The van der Waals surface area contributed by atoms with Crippen LogP contribution in [0.15, 0.2) is 42.5 Å². The third-order valence-electron chi connectivity index (χ3n) is 4.36. The van der Waals surface area contributed by atoms with Crippen molar-refractivity contribution in [3.63, 3.8) is 0 Å². The number of amides is 5. The fourth-order valence-electron chi connectivity index (χ4n) is 2.98. The summed E-state index contributed by atoms with van der Waals surface area (Å²) in [6, 6.07) is 12.1. The first-order chi connectivity index (χ1) is 12.1. The van der Waals surface area contributed by atoms with E-state index in [1.54, 1.807) is 6.07 Å². The highest BCUT2D eigenvalue weighted by atomic mass is 16.2. The van der Waals surface area contributed by atoms with Crippen LogP contribution in [0, 0.1) is 0 Å². The van der Waals surface area contributed by atoms with E-state index in [1.807, 2.05) is 36.4 Å². The molecule has 4 rings (SSSR count). The molecule has 0 aromatic heterocycles. The highest BCUT2D eigenvalue weighted by Crippen LogP contribution is 2.31. The number of carbonyl (C=O) groups excluding carboxylic acids is 4. The molecule has 0 unspecified atom stereocenters. The molecular formula is C18H15N3O4. The Hall–Kier alpha value is -3.22. The van der Waals surface area contributed by atoms with Crippen LogP contribution in [0.3, 0.4) is 0 Å². The first-order valence-corrected chi connectivity index (χ1v) is 8.03. The first kappa shape index (κ1) is 15.3. The lowest BCUT2D eigenvalue weighted by Crippen LogP contribution is -2.39. The number of anilines is 1. The molecule has 2 fully saturated rings. The van der Waals surface area contributed by atoms with Gasteiger partial charge in [0, 0.05) is 17.1 Å². The lowest BCUT2D eigenvalue weighted by Gasteiger charge is -2.15. The lowest BCUT2D eigenvalue weighted by molar-refractivity contribution is -0.143. The molecule has 1 saturated heterocycles. The summed E-state index contributed by atoms with van der Waals surface area (Å²) in [5.74, 6) is -2.31. The SMILES string of the molecule is O=C(CN1C(=O)C(=O)N(C2CC2)C1=O)Nc1cccc2ccccc12. The quantitative estimate of drug-likeness (QED) is 0.680. The van der Waals surface area contributed by atoms with Crippen LogP contribution in [0.2, 0.25) is 0 Å². The van der Waals surface area contributed by atoms with Gasteiger partial charge in [0.25, 0.3) is 0 Å². The van der Waals surface area contributed by atoms with E-state index >= 15 is 0 Å². The Labute approximate surface area is 143 Å². The summed E-state index contributed by atoms with van der Waals surface area (Å²) < 4.78 is 0. The fraction of sp³-hybridized carbons (Fsp3) is 0.222. The normalized spacial score (nSPS) is 17.5. The minimum atomic E-state index is -0.940. The molecule has 7 nitrogen and oxygen atoms in total. The summed E-state index contributed by atoms with van der Waals surface area (Å²) >= 11 is 0. The number of hydrogen-bond donors (Lipinski definition) is 1. The molecule has 0 atom stereocenters. The topological polar surface area (TPSA) is 86.8 Å². The van der Waals surface area contributed by atoms with Crippen molar-refractivity contribution in [2.45, 2.75) is 18.9 Å². The van der Waals surface area contributed by atoms with Gasteiger partial charge in [-0.15, -0.1) is 0 Å². The third kappa shape index (κ3) is 2.63. The van der Waals surface area contributed by atoms with Crippen molar-refractivity contribution in [1.82, 2.24) is 9.80 Å². The van der Waals surface area contributed by atoms with Crippen molar-refractivity contribution in [3.8, 4) is 0 Å². The number of nitrogens with zero attached hydrogens (tertiary/aromatic N) is 2. The van der Waals surface area contributed by atoms with Gasteiger partial charge >= 0.3 is 17.8 Å². The second-order valence-electron chi connectivity index (χ2n) is 6.16. The van der Waals surface area contributed by atoms with Gasteiger partial charge < -0.3 is 5.32 Å². The van der Waals surface area contributed by atoms with E-state index in [4.69, 9.17) is 0 Å². The molecule has 2 aromatic rings. The Balaban J connectivity index is 1.51. The van der Waals surface area contributed by atoms with E-state index < -0.39 is 30.3 Å². The molecule has 126 valence electrons. The summed E-state index contributed by atoms with van der Waals surface area (Å²) in [5, 5.41) is 4.53. The maximum atomic E-state index is 12.3.